The van der Waals surface area contributed by atoms with E-state index in [2.05, 4.69) is 15.5 Å². The van der Waals surface area contributed by atoms with Crippen molar-refractivity contribution in [2.75, 3.05) is 11.5 Å². The molecular formula is C10H13N3OS. The highest BCUT2D eigenvalue weighted by Gasteiger charge is 2.32. The maximum Gasteiger partial charge on any atom is 0.229 e. The lowest BCUT2D eigenvalue weighted by atomic mass is 10.1. The van der Waals surface area contributed by atoms with Crippen molar-refractivity contribution in [3.63, 3.8) is 0 Å². The average molecular weight is 223 g/mol. The summed E-state index contributed by atoms with van der Waals surface area (Å²) < 4.78 is 0. The van der Waals surface area contributed by atoms with Crippen LogP contribution in [0.25, 0.3) is 0 Å². The van der Waals surface area contributed by atoms with Crippen LogP contribution in [0.2, 0.25) is 0 Å². The topological polar surface area (TPSA) is 57.8 Å². The van der Waals surface area contributed by atoms with Crippen molar-refractivity contribution >= 4 is 17.7 Å². The Hall–Kier alpha value is -0.970. The summed E-state index contributed by atoms with van der Waals surface area (Å²) in [7, 11) is 0. The number of H-pyrrole nitrogens is 1. The first-order valence-corrected chi connectivity index (χ1v) is 6.40. The standard InChI is InChI=1S/C10H13N3OS/c14-10(12-7-4-15-5-7)8-2-1-6-3-11-13-9(6)8/h3,7-8H,1-2,4-5H2,(H,11,13)(H,12,14). The van der Waals surface area contributed by atoms with Gasteiger partial charge in [0.2, 0.25) is 5.91 Å². The van der Waals surface area contributed by atoms with Gasteiger partial charge in [-0.05, 0) is 18.4 Å². The van der Waals surface area contributed by atoms with Crippen LogP contribution in [-0.2, 0) is 11.2 Å². The predicted molar refractivity (Wildman–Crippen MR) is 58.9 cm³/mol. The molecule has 2 N–H and O–H groups in total. The van der Waals surface area contributed by atoms with E-state index in [1.807, 2.05) is 18.0 Å². The summed E-state index contributed by atoms with van der Waals surface area (Å²) in [5.41, 5.74) is 2.23. The quantitative estimate of drug-likeness (QED) is 0.775. The van der Waals surface area contributed by atoms with E-state index in [1.54, 1.807) is 0 Å². The maximum absolute atomic E-state index is 11.9. The molecule has 0 spiro atoms. The Morgan fingerprint density at radius 1 is 1.60 bits per heavy atom. The van der Waals surface area contributed by atoms with Crippen LogP contribution in [0.3, 0.4) is 0 Å². The Labute approximate surface area is 92.2 Å². The van der Waals surface area contributed by atoms with Crippen LogP contribution in [0, 0.1) is 0 Å². The number of hydrogen-bond donors (Lipinski definition) is 2. The van der Waals surface area contributed by atoms with Crippen molar-refractivity contribution in [3.8, 4) is 0 Å². The summed E-state index contributed by atoms with van der Waals surface area (Å²) in [6.45, 7) is 0. The van der Waals surface area contributed by atoms with Crippen LogP contribution in [0.4, 0.5) is 0 Å². The van der Waals surface area contributed by atoms with Crippen LogP contribution in [0.5, 0.6) is 0 Å². The van der Waals surface area contributed by atoms with Crippen LogP contribution in [0.15, 0.2) is 6.20 Å². The van der Waals surface area contributed by atoms with E-state index in [0.717, 1.165) is 30.0 Å². The molecule has 2 aliphatic rings. The number of hydrogen-bond acceptors (Lipinski definition) is 3. The number of aromatic nitrogens is 2. The molecule has 4 nitrogen and oxygen atoms in total. The van der Waals surface area contributed by atoms with E-state index < -0.39 is 0 Å². The third kappa shape index (κ3) is 1.55. The fraction of sp³-hybridized carbons (Fsp3) is 0.600. The summed E-state index contributed by atoms with van der Waals surface area (Å²) in [4.78, 5) is 11.9. The van der Waals surface area contributed by atoms with Crippen LogP contribution in [-0.4, -0.2) is 33.7 Å². The lowest BCUT2D eigenvalue weighted by Gasteiger charge is -2.27. The van der Waals surface area contributed by atoms with Crippen molar-refractivity contribution in [1.82, 2.24) is 15.5 Å². The normalized spacial score (nSPS) is 24.7. The van der Waals surface area contributed by atoms with Gasteiger partial charge >= 0.3 is 0 Å². The zero-order valence-corrected chi connectivity index (χ0v) is 9.14. The number of nitrogens with one attached hydrogen (secondary N) is 2. The highest BCUT2D eigenvalue weighted by atomic mass is 32.2. The Morgan fingerprint density at radius 2 is 2.47 bits per heavy atom. The molecule has 1 aromatic rings. The molecule has 1 aliphatic carbocycles. The third-order valence-electron chi connectivity index (χ3n) is 3.10. The number of aryl methyl sites for hydroxylation is 1. The first kappa shape index (κ1) is 9.27. The lowest BCUT2D eigenvalue weighted by molar-refractivity contribution is -0.123. The molecule has 5 heteroatoms. The number of rotatable bonds is 2. The van der Waals surface area contributed by atoms with Gasteiger partial charge < -0.3 is 5.32 Å². The summed E-state index contributed by atoms with van der Waals surface area (Å²) in [5.74, 6) is 2.30. The number of carbonyl (C=O) groups is 1. The highest BCUT2D eigenvalue weighted by molar-refractivity contribution is 8.00. The van der Waals surface area contributed by atoms with Crippen LogP contribution >= 0.6 is 11.8 Å². The Kier molecular flexibility index (Phi) is 2.20. The SMILES string of the molecule is O=C(NC1CSC1)C1CCc2cn[nH]c21. The van der Waals surface area contributed by atoms with Crippen LogP contribution in [0.1, 0.15) is 23.6 Å². The van der Waals surface area contributed by atoms with Crippen molar-refractivity contribution in [1.29, 1.82) is 0 Å². The lowest BCUT2D eigenvalue weighted by Crippen LogP contribution is -2.45. The second-order valence-electron chi connectivity index (χ2n) is 4.14. The Morgan fingerprint density at radius 3 is 3.20 bits per heavy atom. The summed E-state index contributed by atoms with van der Waals surface area (Å²) >= 11 is 1.88. The molecule has 2 heterocycles. The predicted octanol–water partition coefficient (Wildman–Crippen LogP) is 0.671. The Balaban J connectivity index is 1.70. The van der Waals surface area contributed by atoms with Gasteiger partial charge in [0.15, 0.2) is 0 Å². The molecular weight excluding hydrogens is 210 g/mol. The molecule has 0 aromatic carbocycles. The second kappa shape index (κ2) is 3.56. The van der Waals surface area contributed by atoms with Gasteiger partial charge in [-0.15, -0.1) is 0 Å². The first-order chi connectivity index (χ1) is 7.34. The first-order valence-electron chi connectivity index (χ1n) is 5.25. The third-order valence-corrected chi connectivity index (χ3v) is 4.38. The molecule has 1 aliphatic heterocycles. The van der Waals surface area contributed by atoms with E-state index in [9.17, 15) is 4.79 Å². The van der Waals surface area contributed by atoms with Gasteiger partial charge in [-0.2, -0.15) is 16.9 Å². The molecule has 80 valence electrons. The fourth-order valence-corrected chi connectivity index (χ4v) is 2.79. The Bertz CT molecular complexity index is 386. The summed E-state index contributed by atoms with van der Waals surface area (Å²) in [5, 5.41) is 10.0. The van der Waals surface area contributed by atoms with Gasteiger partial charge in [0.05, 0.1) is 17.8 Å². The molecule has 0 saturated carbocycles. The number of thioether (sulfide) groups is 1. The van der Waals surface area contributed by atoms with E-state index in [4.69, 9.17) is 0 Å². The number of amides is 1. The van der Waals surface area contributed by atoms with Gasteiger partial charge in [0.1, 0.15) is 0 Å². The molecule has 1 amide bonds. The molecule has 0 radical (unpaired) electrons. The minimum atomic E-state index is 0.00750. The van der Waals surface area contributed by atoms with E-state index >= 15 is 0 Å². The molecule has 0 bridgehead atoms. The number of fused-ring (bicyclic) bond motifs is 1. The monoisotopic (exact) mass is 223 g/mol. The van der Waals surface area contributed by atoms with Crippen LogP contribution < -0.4 is 5.32 Å². The minimum Gasteiger partial charge on any atom is -0.351 e. The van der Waals surface area contributed by atoms with E-state index in [0.29, 0.717) is 6.04 Å². The minimum absolute atomic E-state index is 0.00750. The van der Waals surface area contributed by atoms with Gasteiger partial charge in [-0.1, -0.05) is 0 Å². The van der Waals surface area contributed by atoms with Gasteiger partial charge in [-0.3, -0.25) is 9.89 Å². The zero-order chi connectivity index (χ0) is 10.3. The number of nitrogens with zero attached hydrogens (tertiary/aromatic N) is 1. The largest absolute Gasteiger partial charge is 0.351 e. The fourth-order valence-electron chi connectivity index (χ4n) is 2.15. The smallest absolute Gasteiger partial charge is 0.229 e. The van der Waals surface area contributed by atoms with E-state index in [1.165, 1.54) is 5.56 Å². The average Bonchev–Trinajstić information content (AvgIpc) is 2.71. The van der Waals surface area contributed by atoms with Crippen molar-refractivity contribution in [3.05, 3.63) is 17.5 Å². The molecule has 1 aromatic heterocycles. The van der Waals surface area contributed by atoms with Gasteiger partial charge in [0, 0.05) is 17.5 Å². The van der Waals surface area contributed by atoms with Crippen molar-refractivity contribution in [2.45, 2.75) is 24.8 Å². The highest BCUT2D eigenvalue weighted by Crippen LogP contribution is 2.31. The zero-order valence-electron chi connectivity index (χ0n) is 8.32. The second-order valence-corrected chi connectivity index (χ2v) is 5.22. The summed E-state index contributed by atoms with van der Waals surface area (Å²) in [6, 6.07) is 0.398. The van der Waals surface area contributed by atoms with Gasteiger partial charge in [0.25, 0.3) is 0 Å². The van der Waals surface area contributed by atoms with Crippen molar-refractivity contribution in [2.24, 2.45) is 0 Å². The van der Waals surface area contributed by atoms with Crippen molar-refractivity contribution < 1.29 is 4.79 Å². The molecule has 15 heavy (non-hydrogen) atoms. The van der Waals surface area contributed by atoms with Gasteiger partial charge in [-0.25, -0.2) is 0 Å². The maximum atomic E-state index is 11.9. The molecule has 1 fully saturated rings. The number of carbonyl (C=O) groups excluding carboxylic acids is 1. The summed E-state index contributed by atoms with van der Waals surface area (Å²) in [6.07, 6.45) is 3.74. The molecule has 1 atom stereocenters. The van der Waals surface area contributed by atoms with E-state index in [-0.39, 0.29) is 11.8 Å². The molecule has 1 saturated heterocycles. The molecule has 3 rings (SSSR count). The number of aromatic amines is 1. The molecule has 1 unspecified atom stereocenters.